The van der Waals surface area contributed by atoms with Crippen molar-refractivity contribution >= 4 is 5.91 Å². The zero-order valence-corrected chi connectivity index (χ0v) is 26.1. The van der Waals surface area contributed by atoms with E-state index in [-0.39, 0.29) is 24.7 Å². The Morgan fingerprint density at radius 3 is 2.13 bits per heavy atom. The van der Waals surface area contributed by atoms with Crippen LogP contribution in [0.1, 0.15) is 57.0 Å². The molecular formula is C40H40N2O4. The van der Waals surface area contributed by atoms with Gasteiger partial charge in [0.25, 0.3) is 5.91 Å². The molecule has 5 aromatic rings. The molecular weight excluding hydrogens is 572 g/mol. The van der Waals surface area contributed by atoms with Crippen LogP contribution in [0.25, 0.3) is 11.1 Å². The Hall–Kier alpha value is -4.59. The second-order valence-corrected chi connectivity index (χ2v) is 11.9. The zero-order valence-electron chi connectivity index (χ0n) is 26.1. The number of aliphatic hydroxyl groups excluding tert-OH is 1. The highest BCUT2D eigenvalue weighted by Gasteiger charge is 2.32. The van der Waals surface area contributed by atoms with Crippen molar-refractivity contribution in [2.75, 3.05) is 13.6 Å². The maximum atomic E-state index is 12.5. The van der Waals surface area contributed by atoms with Crippen molar-refractivity contribution < 1.29 is 19.4 Å². The number of carbonyl (C=O) groups excluding carboxylic acids is 1. The number of ether oxygens (including phenoxy) is 2. The Kier molecular flexibility index (Phi) is 10.3. The Labute approximate surface area is 271 Å². The predicted octanol–water partition coefficient (Wildman–Crippen LogP) is 7.45. The summed E-state index contributed by atoms with van der Waals surface area (Å²) in [6.07, 6.45) is 0.0567. The standard InChI is InChI=1S/C40H40N2O4/c1-42(26-29-9-4-2-5-10-29)27-37-24-38(33-17-15-30(28-43)16-18-33)46-40(45-37)35-21-19-32(20-22-35)36-14-8-11-31(23-36)25-41-39(44)34-12-6-3-7-13-34/h2-23,37-38,40,43H,24-28H2,1H3,(H,41,44)/t37-,38+,40+/m0/s1. The normalized spacial score (nSPS) is 17.9. The van der Waals surface area contributed by atoms with Gasteiger partial charge in [0, 0.05) is 37.2 Å². The Balaban J connectivity index is 1.15. The Morgan fingerprint density at radius 1 is 0.739 bits per heavy atom. The number of benzene rings is 5. The first-order valence-corrected chi connectivity index (χ1v) is 15.8. The summed E-state index contributed by atoms with van der Waals surface area (Å²) >= 11 is 0. The van der Waals surface area contributed by atoms with E-state index in [0.29, 0.717) is 12.1 Å². The maximum Gasteiger partial charge on any atom is 0.251 e. The minimum absolute atomic E-state index is 0.0159. The lowest BCUT2D eigenvalue weighted by Crippen LogP contribution is -2.37. The van der Waals surface area contributed by atoms with E-state index in [1.165, 1.54) is 5.56 Å². The topological polar surface area (TPSA) is 71.0 Å². The van der Waals surface area contributed by atoms with E-state index in [0.717, 1.165) is 52.9 Å². The molecule has 1 aliphatic heterocycles. The van der Waals surface area contributed by atoms with Crippen molar-refractivity contribution in [1.82, 2.24) is 10.2 Å². The fraction of sp³-hybridized carbons (Fsp3) is 0.225. The molecule has 2 N–H and O–H groups in total. The van der Waals surface area contributed by atoms with E-state index < -0.39 is 6.29 Å². The molecule has 3 atom stereocenters. The van der Waals surface area contributed by atoms with E-state index in [1.807, 2.05) is 72.8 Å². The van der Waals surface area contributed by atoms with E-state index in [2.05, 4.69) is 77.9 Å². The third-order valence-corrected chi connectivity index (χ3v) is 8.36. The molecule has 6 rings (SSSR count). The average Bonchev–Trinajstić information content (AvgIpc) is 3.11. The number of amides is 1. The van der Waals surface area contributed by atoms with Gasteiger partial charge in [-0.3, -0.25) is 9.69 Å². The second kappa shape index (κ2) is 15.1. The van der Waals surface area contributed by atoms with Crippen molar-refractivity contribution in [1.29, 1.82) is 0 Å². The summed E-state index contributed by atoms with van der Waals surface area (Å²) in [6, 6.07) is 44.3. The number of likely N-dealkylation sites (N-methyl/N-ethyl adjacent to an activating group) is 1. The van der Waals surface area contributed by atoms with Gasteiger partial charge in [0.05, 0.1) is 18.8 Å². The number of nitrogens with zero attached hydrogens (tertiary/aromatic N) is 1. The molecule has 6 heteroatoms. The van der Waals surface area contributed by atoms with Gasteiger partial charge in [-0.25, -0.2) is 0 Å². The van der Waals surface area contributed by atoms with Crippen LogP contribution in [0.15, 0.2) is 133 Å². The molecule has 1 aliphatic rings. The van der Waals surface area contributed by atoms with Crippen LogP contribution in [-0.4, -0.2) is 35.6 Å². The van der Waals surface area contributed by atoms with Gasteiger partial charge in [0.15, 0.2) is 6.29 Å². The smallest absolute Gasteiger partial charge is 0.251 e. The second-order valence-electron chi connectivity index (χ2n) is 11.9. The highest BCUT2D eigenvalue weighted by Crippen LogP contribution is 2.38. The molecule has 0 bridgehead atoms. The molecule has 0 aromatic heterocycles. The molecule has 1 amide bonds. The van der Waals surface area contributed by atoms with E-state index in [1.54, 1.807) is 0 Å². The van der Waals surface area contributed by atoms with E-state index >= 15 is 0 Å². The third kappa shape index (κ3) is 8.16. The van der Waals surface area contributed by atoms with Crippen LogP contribution in [-0.2, 0) is 29.2 Å². The number of nitrogens with one attached hydrogen (secondary N) is 1. The van der Waals surface area contributed by atoms with Gasteiger partial charge in [-0.15, -0.1) is 0 Å². The van der Waals surface area contributed by atoms with E-state index in [4.69, 9.17) is 9.47 Å². The van der Waals surface area contributed by atoms with Crippen molar-refractivity contribution in [3.05, 3.63) is 167 Å². The first kappa shape index (κ1) is 31.4. The summed E-state index contributed by atoms with van der Waals surface area (Å²) in [5.41, 5.74) is 8.01. The van der Waals surface area contributed by atoms with Gasteiger partial charge in [-0.2, -0.15) is 0 Å². The van der Waals surface area contributed by atoms with Crippen molar-refractivity contribution in [2.45, 2.75) is 44.6 Å². The summed E-state index contributed by atoms with van der Waals surface area (Å²) in [7, 11) is 2.13. The molecule has 1 fully saturated rings. The SMILES string of the molecule is CN(Cc1ccccc1)C[C@@H]1C[C@H](c2ccc(CO)cc2)O[C@H](c2ccc(-c3cccc(CNC(=O)c4ccccc4)c3)cc2)O1. The summed E-state index contributed by atoms with van der Waals surface area (Å²) in [6.45, 7) is 2.07. The van der Waals surface area contributed by atoms with Crippen molar-refractivity contribution in [3.8, 4) is 11.1 Å². The summed E-state index contributed by atoms with van der Waals surface area (Å²) in [4.78, 5) is 14.8. The molecule has 0 saturated carbocycles. The predicted molar refractivity (Wildman–Crippen MR) is 181 cm³/mol. The van der Waals surface area contributed by atoms with Crippen LogP contribution in [0, 0.1) is 0 Å². The van der Waals surface area contributed by atoms with Gasteiger partial charge >= 0.3 is 0 Å². The first-order valence-electron chi connectivity index (χ1n) is 15.8. The van der Waals surface area contributed by atoms with Crippen LogP contribution in [0.4, 0.5) is 0 Å². The molecule has 1 saturated heterocycles. The Bertz CT molecular complexity index is 1690. The minimum Gasteiger partial charge on any atom is -0.392 e. The molecule has 5 aromatic carbocycles. The van der Waals surface area contributed by atoms with Gasteiger partial charge in [0.1, 0.15) is 0 Å². The third-order valence-electron chi connectivity index (χ3n) is 8.36. The van der Waals surface area contributed by atoms with Crippen molar-refractivity contribution in [2.24, 2.45) is 0 Å². The van der Waals surface area contributed by atoms with Crippen LogP contribution in [0.3, 0.4) is 0 Å². The molecule has 0 spiro atoms. The number of hydrogen-bond donors (Lipinski definition) is 2. The summed E-state index contributed by atoms with van der Waals surface area (Å²) in [5, 5.41) is 12.5. The summed E-state index contributed by atoms with van der Waals surface area (Å²) in [5.74, 6) is -0.0879. The fourth-order valence-electron chi connectivity index (χ4n) is 5.91. The van der Waals surface area contributed by atoms with Crippen LogP contribution < -0.4 is 5.32 Å². The highest BCUT2D eigenvalue weighted by molar-refractivity contribution is 5.94. The fourth-order valence-corrected chi connectivity index (χ4v) is 5.91. The first-order chi connectivity index (χ1) is 22.5. The molecule has 234 valence electrons. The molecule has 0 aliphatic carbocycles. The van der Waals surface area contributed by atoms with Gasteiger partial charge < -0.3 is 19.9 Å². The quantitative estimate of drug-likeness (QED) is 0.162. The lowest BCUT2D eigenvalue weighted by Gasteiger charge is -2.38. The number of aliphatic hydroxyl groups is 1. The van der Waals surface area contributed by atoms with E-state index in [9.17, 15) is 9.90 Å². The largest absolute Gasteiger partial charge is 0.392 e. The number of rotatable bonds is 11. The molecule has 0 radical (unpaired) electrons. The average molecular weight is 613 g/mol. The van der Waals surface area contributed by atoms with Crippen LogP contribution >= 0.6 is 0 Å². The summed E-state index contributed by atoms with van der Waals surface area (Å²) < 4.78 is 13.2. The highest BCUT2D eigenvalue weighted by atomic mass is 16.7. The lowest BCUT2D eigenvalue weighted by molar-refractivity contribution is -0.252. The number of hydrogen-bond acceptors (Lipinski definition) is 5. The molecule has 1 heterocycles. The van der Waals surface area contributed by atoms with Gasteiger partial charge in [-0.1, -0.05) is 115 Å². The monoisotopic (exact) mass is 612 g/mol. The van der Waals surface area contributed by atoms with Crippen LogP contribution in [0.5, 0.6) is 0 Å². The minimum atomic E-state index is -0.514. The Morgan fingerprint density at radius 2 is 1.41 bits per heavy atom. The van der Waals surface area contributed by atoms with Gasteiger partial charge in [0.2, 0.25) is 0 Å². The zero-order chi connectivity index (χ0) is 31.7. The molecule has 6 nitrogen and oxygen atoms in total. The molecule has 46 heavy (non-hydrogen) atoms. The molecule has 0 unspecified atom stereocenters. The lowest BCUT2D eigenvalue weighted by atomic mass is 9.99. The van der Waals surface area contributed by atoms with Crippen molar-refractivity contribution in [3.63, 3.8) is 0 Å². The number of carbonyl (C=O) groups is 1. The maximum absolute atomic E-state index is 12.5. The van der Waals surface area contributed by atoms with Gasteiger partial charge in [-0.05, 0) is 58.6 Å². The van der Waals surface area contributed by atoms with Crippen LogP contribution in [0.2, 0.25) is 0 Å².